The van der Waals surface area contributed by atoms with E-state index in [0.717, 1.165) is 22.9 Å². The molecule has 0 aliphatic carbocycles. The van der Waals surface area contributed by atoms with Crippen molar-refractivity contribution in [2.24, 2.45) is 11.7 Å². The largest absolute Gasteiger partial charge is 0.327 e. The maximum absolute atomic E-state index is 13.0. The van der Waals surface area contributed by atoms with E-state index in [-0.39, 0.29) is 11.9 Å². The molecule has 1 aromatic rings. The highest BCUT2D eigenvalue weighted by molar-refractivity contribution is 9.10. The fraction of sp³-hybridized carbons (Fsp3) is 0.500. The zero-order chi connectivity index (χ0) is 11.4. The van der Waals surface area contributed by atoms with Crippen molar-refractivity contribution in [3.63, 3.8) is 0 Å². The summed E-state index contributed by atoms with van der Waals surface area (Å²) in [6, 6.07) is 4.95. The third-order valence-electron chi connectivity index (χ3n) is 2.75. The molecule has 84 valence electrons. The van der Waals surface area contributed by atoms with Crippen molar-refractivity contribution in [3.8, 4) is 0 Å². The van der Waals surface area contributed by atoms with E-state index in [0.29, 0.717) is 5.92 Å². The molecule has 2 N–H and O–H groups in total. The van der Waals surface area contributed by atoms with Gasteiger partial charge in [-0.05, 0) is 42.5 Å². The van der Waals surface area contributed by atoms with Crippen molar-refractivity contribution in [2.45, 2.75) is 32.7 Å². The lowest BCUT2D eigenvalue weighted by Crippen LogP contribution is -2.28. The summed E-state index contributed by atoms with van der Waals surface area (Å²) in [5.41, 5.74) is 6.94. The lowest BCUT2D eigenvalue weighted by Gasteiger charge is -2.18. The van der Waals surface area contributed by atoms with Crippen LogP contribution in [0.5, 0.6) is 0 Å². The van der Waals surface area contributed by atoms with Gasteiger partial charge in [0.1, 0.15) is 5.82 Å². The first-order chi connectivity index (χ1) is 7.04. The van der Waals surface area contributed by atoms with Gasteiger partial charge in [-0.15, -0.1) is 0 Å². The molecule has 0 heterocycles. The van der Waals surface area contributed by atoms with E-state index in [1.54, 1.807) is 12.1 Å². The molecule has 1 aromatic carbocycles. The molecule has 3 heteroatoms. The second-order valence-electron chi connectivity index (χ2n) is 3.99. The molecule has 0 amide bonds. The number of benzene rings is 1. The lowest BCUT2D eigenvalue weighted by molar-refractivity contribution is 0.441. The van der Waals surface area contributed by atoms with Gasteiger partial charge < -0.3 is 5.73 Å². The van der Waals surface area contributed by atoms with Crippen LogP contribution in [0, 0.1) is 11.7 Å². The normalized spacial score (nSPS) is 15.0. The third kappa shape index (κ3) is 3.58. The highest BCUT2D eigenvalue weighted by atomic mass is 79.9. The average Bonchev–Trinajstić information content (AvgIpc) is 2.22. The monoisotopic (exact) mass is 273 g/mol. The summed E-state index contributed by atoms with van der Waals surface area (Å²) in [5, 5.41) is 0. The topological polar surface area (TPSA) is 26.0 Å². The maximum atomic E-state index is 13.0. The zero-order valence-electron chi connectivity index (χ0n) is 9.13. The SMILES string of the molecule is CCC(N)C(C)Cc1cc(F)ccc1Br. The van der Waals surface area contributed by atoms with Crippen LogP contribution >= 0.6 is 15.9 Å². The summed E-state index contributed by atoms with van der Waals surface area (Å²) in [4.78, 5) is 0. The molecule has 1 nitrogen and oxygen atoms in total. The van der Waals surface area contributed by atoms with E-state index in [4.69, 9.17) is 5.73 Å². The highest BCUT2D eigenvalue weighted by Crippen LogP contribution is 2.22. The summed E-state index contributed by atoms with van der Waals surface area (Å²) in [7, 11) is 0. The van der Waals surface area contributed by atoms with Crippen LogP contribution in [-0.2, 0) is 6.42 Å². The standard InChI is InChI=1S/C12H17BrFN/c1-3-12(15)8(2)6-9-7-10(14)4-5-11(9)13/h4-5,7-8,12H,3,6,15H2,1-2H3. The Kier molecular flexibility index (Phi) is 4.74. The second-order valence-corrected chi connectivity index (χ2v) is 4.84. The number of hydrogen-bond acceptors (Lipinski definition) is 1. The van der Waals surface area contributed by atoms with Crippen LogP contribution in [0.2, 0.25) is 0 Å². The minimum Gasteiger partial charge on any atom is -0.327 e. The van der Waals surface area contributed by atoms with Gasteiger partial charge in [0.15, 0.2) is 0 Å². The Bertz CT molecular complexity index is 327. The van der Waals surface area contributed by atoms with E-state index >= 15 is 0 Å². The van der Waals surface area contributed by atoms with E-state index in [1.165, 1.54) is 6.07 Å². The molecular weight excluding hydrogens is 257 g/mol. The Balaban J connectivity index is 2.75. The second kappa shape index (κ2) is 5.61. The lowest BCUT2D eigenvalue weighted by atomic mass is 9.93. The van der Waals surface area contributed by atoms with Crippen LogP contribution < -0.4 is 5.73 Å². The molecule has 0 saturated carbocycles. The molecule has 0 radical (unpaired) electrons. The smallest absolute Gasteiger partial charge is 0.123 e. The van der Waals surface area contributed by atoms with Crippen LogP contribution in [0.15, 0.2) is 22.7 Å². The van der Waals surface area contributed by atoms with Gasteiger partial charge in [0.25, 0.3) is 0 Å². The summed E-state index contributed by atoms with van der Waals surface area (Å²) < 4.78 is 14.0. The maximum Gasteiger partial charge on any atom is 0.123 e. The molecular formula is C12H17BrFN. The van der Waals surface area contributed by atoms with E-state index in [9.17, 15) is 4.39 Å². The first-order valence-electron chi connectivity index (χ1n) is 5.24. The Morgan fingerprint density at radius 2 is 2.13 bits per heavy atom. The molecule has 1 rings (SSSR count). The zero-order valence-corrected chi connectivity index (χ0v) is 10.7. The first-order valence-corrected chi connectivity index (χ1v) is 6.03. The van der Waals surface area contributed by atoms with Gasteiger partial charge in [-0.3, -0.25) is 0 Å². The number of nitrogens with two attached hydrogens (primary N) is 1. The van der Waals surface area contributed by atoms with E-state index < -0.39 is 0 Å². The molecule has 2 unspecified atom stereocenters. The summed E-state index contributed by atoms with van der Waals surface area (Å²) >= 11 is 3.42. The summed E-state index contributed by atoms with van der Waals surface area (Å²) in [6.45, 7) is 4.17. The predicted molar refractivity (Wildman–Crippen MR) is 65.2 cm³/mol. The van der Waals surface area contributed by atoms with Gasteiger partial charge in [0.2, 0.25) is 0 Å². The first kappa shape index (κ1) is 12.7. The van der Waals surface area contributed by atoms with E-state index in [2.05, 4.69) is 29.8 Å². The van der Waals surface area contributed by atoms with Crippen molar-refractivity contribution in [2.75, 3.05) is 0 Å². The van der Waals surface area contributed by atoms with Crippen LogP contribution in [0.4, 0.5) is 4.39 Å². The number of hydrogen-bond donors (Lipinski definition) is 1. The van der Waals surface area contributed by atoms with Gasteiger partial charge in [-0.1, -0.05) is 29.8 Å². The van der Waals surface area contributed by atoms with Gasteiger partial charge in [-0.2, -0.15) is 0 Å². The fourth-order valence-corrected chi connectivity index (χ4v) is 2.01. The molecule has 0 aliphatic rings. The molecule has 0 aromatic heterocycles. The quantitative estimate of drug-likeness (QED) is 0.893. The number of halogens is 2. The average molecular weight is 274 g/mol. The van der Waals surface area contributed by atoms with Crippen LogP contribution in [0.1, 0.15) is 25.8 Å². The van der Waals surface area contributed by atoms with Crippen molar-refractivity contribution in [1.29, 1.82) is 0 Å². The Hall–Kier alpha value is -0.410. The van der Waals surface area contributed by atoms with Gasteiger partial charge in [-0.25, -0.2) is 4.39 Å². The Morgan fingerprint density at radius 3 is 2.73 bits per heavy atom. The van der Waals surface area contributed by atoms with Crippen LogP contribution in [0.3, 0.4) is 0 Å². The van der Waals surface area contributed by atoms with Gasteiger partial charge >= 0.3 is 0 Å². The van der Waals surface area contributed by atoms with Crippen molar-refractivity contribution >= 4 is 15.9 Å². The Labute approximate surface area is 99.0 Å². The molecule has 0 spiro atoms. The summed E-state index contributed by atoms with van der Waals surface area (Å²) in [5.74, 6) is 0.179. The van der Waals surface area contributed by atoms with Crippen LogP contribution in [0.25, 0.3) is 0 Å². The number of rotatable bonds is 4. The minimum absolute atomic E-state index is 0.181. The third-order valence-corrected chi connectivity index (χ3v) is 3.53. The minimum atomic E-state index is -0.189. The molecule has 0 fully saturated rings. The molecule has 0 saturated heterocycles. The molecule has 15 heavy (non-hydrogen) atoms. The van der Waals surface area contributed by atoms with Gasteiger partial charge in [0.05, 0.1) is 0 Å². The van der Waals surface area contributed by atoms with Crippen molar-refractivity contribution < 1.29 is 4.39 Å². The molecule has 0 aliphatic heterocycles. The molecule has 0 bridgehead atoms. The highest BCUT2D eigenvalue weighted by Gasteiger charge is 2.13. The summed E-state index contributed by atoms with van der Waals surface area (Å²) in [6.07, 6.45) is 1.77. The molecule has 2 atom stereocenters. The Morgan fingerprint density at radius 1 is 1.47 bits per heavy atom. The van der Waals surface area contributed by atoms with Crippen LogP contribution in [-0.4, -0.2) is 6.04 Å². The van der Waals surface area contributed by atoms with Crippen molar-refractivity contribution in [3.05, 3.63) is 34.1 Å². The fourth-order valence-electron chi connectivity index (χ4n) is 1.60. The predicted octanol–water partition coefficient (Wildman–Crippen LogP) is 3.50. The van der Waals surface area contributed by atoms with Gasteiger partial charge in [0, 0.05) is 10.5 Å². The van der Waals surface area contributed by atoms with E-state index in [1.807, 2.05) is 0 Å². The van der Waals surface area contributed by atoms with Crippen molar-refractivity contribution in [1.82, 2.24) is 0 Å².